The smallest absolute Gasteiger partial charge is 0.254 e. The van der Waals surface area contributed by atoms with Crippen LogP contribution in [0.15, 0.2) is 67.5 Å². The highest BCUT2D eigenvalue weighted by Crippen LogP contribution is 2.18. The second-order valence-electron chi connectivity index (χ2n) is 6.86. The summed E-state index contributed by atoms with van der Waals surface area (Å²) in [7, 11) is 0. The number of carbonyl (C=O) groups excluding carboxylic acids is 1. The molecular weight excluding hydrogens is 366 g/mol. The minimum absolute atomic E-state index is 0.0212. The number of benzene rings is 1. The first kappa shape index (κ1) is 17.3. The predicted molar refractivity (Wildman–Crippen MR) is 109 cm³/mol. The van der Waals surface area contributed by atoms with Gasteiger partial charge in [-0.25, -0.2) is 9.97 Å². The Morgan fingerprint density at radius 3 is 2.31 bits per heavy atom. The molecule has 1 saturated heterocycles. The largest absolute Gasteiger partial charge is 0.353 e. The van der Waals surface area contributed by atoms with E-state index in [1.165, 1.54) is 0 Å². The molecule has 1 aromatic carbocycles. The quantitative estimate of drug-likeness (QED) is 0.538. The van der Waals surface area contributed by atoms with Crippen molar-refractivity contribution < 1.29 is 4.79 Å². The van der Waals surface area contributed by atoms with E-state index < -0.39 is 0 Å². The van der Waals surface area contributed by atoms with Gasteiger partial charge >= 0.3 is 0 Å². The van der Waals surface area contributed by atoms with Gasteiger partial charge in [0.2, 0.25) is 0 Å². The zero-order chi connectivity index (χ0) is 19.6. The molecule has 5 rings (SSSR count). The Hall–Kier alpha value is -3.81. The normalized spacial score (nSPS) is 14.3. The molecule has 4 heterocycles. The number of fused-ring (bicyclic) bond motifs is 1. The first-order valence-electron chi connectivity index (χ1n) is 9.48. The second kappa shape index (κ2) is 7.31. The van der Waals surface area contributed by atoms with Crippen LogP contribution in [0.5, 0.6) is 0 Å². The van der Waals surface area contributed by atoms with E-state index in [4.69, 9.17) is 0 Å². The van der Waals surface area contributed by atoms with E-state index in [0.29, 0.717) is 18.7 Å². The molecule has 1 amide bonds. The summed E-state index contributed by atoms with van der Waals surface area (Å²) in [5.74, 6) is 1.72. The van der Waals surface area contributed by atoms with Crippen LogP contribution in [0.4, 0.5) is 5.82 Å². The van der Waals surface area contributed by atoms with Gasteiger partial charge in [-0.15, -0.1) is 0 Å². The van der Waals surface area contributed by atoms with Gasteiger partial charge in [0.05, 0.1) is 11.0 Å². The summed E-state index contributed by atoms with van der Waals surface area (Å²) in [4.78, 5) is 34.3. The maximum absolute atomic E-state index is 12.9. The van der Waals surface area contributed by atoms with Crippen LogP contribution in [0.1, 0.15) is 10.4 Å². The second-order valence-corrected chi connectivity index (χ2v) is 6.86. The molecule has 4 aromatic rings. The van der Waals surface area contributed by atoms with Crippen molar-refractivity contribution in [2.24, 2.45) is 0 Å². The molecule has 0 radical (unpaired) electrons. The highest BCUT2D eigenvalue weighted by molar-refractivity contribution is 5.97. The first-order valence-corrected chi connectivity index (χ1v) is 9.48. The van der Waals surface area contributed by atoms with Gasteiger partial charge in [-0.1, -0.05) is 0 Å². The molecule has 0 bridgehead atoms. The molecule has 8 heteroatoms. The Labute approximate surface area is 167 Å². The van der Waals surface area contributed by atoms with Crippen LogP contribution in [-0.2, 0) is 0 Å². The van der Waals surface area contributed by atoms with Crippen molar-refractivity contribution in [2.45, 2.75) is 0 Å². The third-order valence-electron chi connectivity index (χ3n) is 5.11. The standard InChI is InChI=1S/C21H19N7O/c29-21(16-3-4-17-18(13-16)23-6-5-22-17)28-11-9-27(10-12-28)20-14-19(24-15-25-20)26-7-1-2-8-26/h1-8,13-15H,9-12H2. The summed E-state index contributed by atoms with van der Waals surface area (Å²) in [6.07, 6.45) is 8.78. The topological polar surface area (TPSA) is 80.0 Å². The van der Waals surface area contributed by atoms with Crippen molar-refractivity contribution in [1.29, 1.82) is 0 Å². The average Bonchev–Trinajstić information content (AvgIpc) is 3.34. The monoisotopic (exact) mass is 385 g/mol. The van der Waals surface area contributed by atoms with Crippen molar-refractivity contribution >= 4 is 22.8 Å². The van der Waals surface area contributed by atoms with Crippen LogP contribution in [0, 0.1) is 0 Å². The van der Waals surface area contributed by atoms with Crippen molar-refractivity contribution in [3.8, 4) is 5.82 Å². The maximum atomic E-state index is 12.9. The van der Waals surface area contributed by atoms with E-state index in [1.807, 2.05) is 58.3 Å². The molecule has 0 aliphatic carbocycles. The van der Waals surface area contributed by atoms with Gasteiger partial charge in [0.1, 0.15) is 18.0 Å². The van der Waals surface area contributed by atoms with E-state index in [0.717, 1.165) is 35.8 Å². The molecule has 0 atom stereocenters. The molecule has 0 spiro atoms. The summed E-state index contributed by atoms with van der Waals surface area (Å²) >= 11 is 0. The van der Waals surface area contributed by atoms with Gasteiger partial charge in [-0.2, -0.15) is 0 Å². The Balaban J connectivity index is 1.28. The van der Waals surface area contributed by atoms with E-state index in [9.17, 15) is 4.79 Å². The fraction of sp³-hybridized carbons (Fsp3) is 0.190. The minimum atomic E-state index is 0.0212. The van der Waals surface area contributed by atoms with Crippen LogP contribution in [0.25, 0.3) is 16.9 Å². The molecule has 8 nitrogen and oxygen atoms in total. The molecule has 0 saturated carbocycles. The number of nitrogens with zero attached hydrogens (tertiary/aromatic N) is 7. The summed E-state index contributed by atoms with van der Waals surface area (Å²) in [6, 6.07) is 11.4. The van der Waals surface area contributed by atoms with Crippen LogP contribution < -0.4 is 4.90 Å². The third kappa shape index (κ3) is 3.40. The molecule has 1 aliphatic rings. The van der Waals surface area contributed by atoms with Gasteiger partial charge < -0.3 is 14.4 Å². The van der Waals surface area contributed by atoms with Crippen LogP contribution in [-0.4, -0.2) is 61.5 Å². The highest BCUT2D eigenvalue weighted by Gasteiger charge is 2.23. The number of rotatable bonds is 3. The molecule has 0 N–H and O–H groups in total. The molecule has 1 aliphatic heterocycles. The van der Waals surface area contributed by atoms with Crippen LogP contribution >= 0.6 is 0 Å². The lowest BCUT2D eigenvalue weighted by atomic mass is 10.1. The number of carbonyl (C=O) groups is 1. The van der Waals surface area contributed by atoms with Gasteiger partial charge in [0.25, 0.3) is 5.91 Å². The molecule has 144 valence electrons. The predicted octanol–water partition coefficient (Wildman–Crippen LogP) is 2.17. The lowest BCUT2D eigenvalue weighted by Crippen LogP contribution is -2.49. The van der Waals surface area contributed by atoms with E-state index >= 15 is 0 Å². The van der Waals surface area contributed by atoms with Crippen molar-refractivity contribution in [3.63, 3.8) is 0 Å². The third-order valence-corrected chi connectivity index (χ3v) is 5.11. The number of anilines is 1. The number of hydrogen-bond acceptors (Lipinski definition) is 6. The molecule has 3 aromatic heterocycles. The Morgan fingerprint density at radius 2 is 1.52 bits per heavy atom. The van der Waals surface area contributed by atoms with Crippen LogP contribution in [0.3, 0.4) is 0 Å². The molecule has 29 heavy (non-hydrogen) atoms. The number of amides is 1. The van der Waals surface area contributed by atoms with Crippen LogP contribution in [0.2, 0.25) is 0 Å². The van der Waals surface area contributed by atoms with E-state index in [-0.39, 0.29) is 5.91 Å². The lowest BCUT2D eigenvalue weighted by molar-refractivity contribution is 0.0746. The summed E-state index contributed by atoms with van der Waals surface area (Å²) < 4.78 is 1.95. The lowest BCUT2D eigenvalue weighted by Gasteiger charge is -2.35. The minimum Gasteiger partial charge on any atom is -0.353 e. The van der Waals surface area contributed by atoms with Crippen molar-refractivity contribution in [3.05, 3.63) is 73.1 Å². The Kier molecular flexibility index (Phi) is 4.36. The van der Waals surface area contributed by atoms with E-state index in [1.54, 1.807) is 18.7 Å². The first-order chi connectivity index (χ1) is 14.3. The van der Waals surface area contributed by atoms with Gasteiger partial charge in [-0.3, -0.25) is 14.8 Å². The van der Waals surface area contributed by atoms with Gasteiger partial charge in [0, 0.05) is 62.6 Å². The summed E-state index contributed by atoms with van der Waals surface area (Å²) in [5.41, 5.74) is 2.16. The number of piperazine rings is 1. The highest BCUT2D eigenvalue weighted by atomic mass is 16.2. The van der Waals surface area contributed by atoms with Crippen molar-refractivity contribution in [2.75, 3.05) is 31.1 Å². The van der Waals surface area contributed by atoms with Crippen molar-refractivity contribution in [1.82, 2.24) is 29.4 Å². The zero-order valence-electron chi connectivity index (χ0n) is 15.7. The zero-order valence-corrected chi connectivity index (χ0v) is 15.7. The number of hydrogen-bond donors (Lipinski definition) is 0. The van der Waals surface area contributed by atoms with Gasteiger partial charge in [0.15, 0.2) is 0 Å². The SMILES string of the molecule is O=C(c1ccc2nccnc2c1)N1CCN(c2cc(-n3cccc3)ncn2)CC1. The fourth-order valence-electron chi connectivity index (χ4n) is 3.56. The fourth-order valence-corrected chi connectivity index (χ4v) is 3.56. The number of aromatic nitrogens is 5. The average molecular weight is 385 g/mol. The Bertz CT molecular complexity index is 1150. The maximum Gasteiger partial charge on any atom is 0.254 e. The summed E-state index contributed by atoms with van der Waals surface area (Å²) in [6.45, 7) is 2.73. The summed E-state index contributed by atoms with van der Waals surface area (Å²) in [5, 5.41) is 0. The Morgan fingerprint density at radius 1 is 0.793 bits per heavy atom. The molecule has 1 fully saturated rings. The molecular formula is C21H19N7O. The molecule has 0 unspecified atom stereocenters. The van der Waals surface area contributed by atoms with Gasteiger partial charge in [-0.05, 0) is 30.3 Å². The van der Waals surface area contributed by atoms with E-state index in [2.05, 4.69) is 24.8 Å².